The van der Waals surface area contributed by atoms with Gasteiger partial charge in [0.05, 0.1) is 13.5 Å². The molecule has 1 aliphatic rings. The van der Waals surface area contributed by atoms with Crippen LogP contribution in [0.15, 0.2) is 0 Å². The maximum atomic E-state index is 10.8. The molecule has 16 heavy (non-hydrogen) atoms. The summed E-state index contributed by atoms with van der Waals surface area (Å²) in [6, 6.07) is 0. The molecule has 0 bridgehead atoms. The third-order valence-corrected chi connectivity index (χ3v) is 3.19. The van der Waals surface area contributed by atoms with Crippen LogP contribution in [0, 0.1) is 5.92 Å². The molecule has 1 fully saturated rings. The van der Waals surface area contributed by atoms with Crippen LogP contribution in [-0.2, 0) is 9.53 Å². The van der Waals surface area contributed by atoms with E-state index >= 15 is 0 Å². The molecule has 0 unspecified atom stereocenters. The van der Waals surface area contributed by atoms with Gasteiger partial charge in [0, 0.05) is 6.54 Å². The molecule has 0 spiro atoms. The van der Waals surface area contributed by atoms with E-state index in [2.05, 4.69) is 10.1 Å². The fraction of sp³-hybridized carbons (Fsp3) is 0.917. The van der Waals surface area contributed by atoms with Crippen molar-refractivity contribution in [2.75, 3.05) is 20.2 Å². The second-order valence-electron chi connectivity index (χ2n) is 4.37. The Hall–Kier alpha value is -0.280. The zero-order valence-electron chi connectivity index (χ0n) is 10.2. The van der Waals surface area contributed by atoms with Crippen molar-refractivity contribution in [3.8, 4) is 0 Å². The molecule has 0 aromatic rings. The number of hydrogen-bond acceptors (Lipinski definition) is 3. The summed E-state index contributed by atoms with van der Waals surface area (Å²) in [7, 11) is 1.43. The van der Waals surface area contributed by atoms with Crippen LogP contribution < -0.4 is 5.32 Å². The van der Waals surface area contributed by atoms with Crippen molar-refractivity contribution in [2.24, 2.45) is 5.92 Å². The largest absolute Gasteiger partial charge is 0.469 e. The first-order valence-corrected chi connectivity index (χ1v) is 6.10. The number of carbonyl (C=O) groups is 1. The predicted molar refractivity (Wildman–Crippen MR) is 67.9 cm³/mol. The summed E-state index contributed by atoms with van der Waals surface area (Å²) in [6.07, 6.45) is 8.80. The van der Waals surface area contributed by atoms with Crippen LogP contribution in [0.2, 0.25) is 0 Å². The monoisotopic (exact) mass is 249 g/mol. The predicted octanol–water partition coefficient (Wildman–Crippen LogP) is 2.53. The fourth-order valence-electron chi connectivity index (χ4n) is 2.20. The van der Waals surface area contributed by atoms with Crippen LogP contribution in [-0.4, -0.2) is 26.2 Å². The lowest BCUT2D eigenvalue weighted by Gasteiger charge is -2.21. The molecule has 0 radical (unpaired) electrons. The lowest BCUT2D eigenvalue weighted by Crippen LogP contribution is -2.22. The molecule has 1 aliphatic carbocycles. The maximum absolute atomic E-state index is 10.8. The van der Waals surface area contributed by atoms with Crippen LogP contribution in [0.25, 0.3) is 0 Å². The van der Waals surface area contributed by atoms with Gasteiger partial charge in [0.2, 0.25) is 0 Å². The van der Waals surface area contributed by atoms with Gasteiger partial charge in [-0.3, -0.25) is 4.79 Å². The minimum absolute atomic E-state index is 0. The minimum atomic E-state index is -0.125. The highest BCUT2D eigenvalue weighted by Gasteiger charge is 2.12. The van der Waals surface area contributed by atoms with Gasteiger partial charge in [-0.05, 0) is 18.9 Å². The van der Waals surface area contributed by atoms with Crippen LogP contribution in [0.1, 0.15) is 44.9 Å². The van der Waals surface area contributed by atoms with Crippen molar-refractivity contribution in [2.45, 2.75) is 44.9 Å². The molecular formula is C12H24ClNO2. The number of hydrogen-bond donors (Lipinski definition) is 1. The van der Waals surface area contributed by atoms with E-state index in [9.17, 15) is 4.79 Å². The highest BCUT2D eigenvalue weighted by molar-refractivity contribution is 5.85. The Balaban J connectivity index is 0.00000225. The van der Waals surface area contributed by atoms with Crippen LogP contribution in [0.4, 0.5) is 0 Å². The molecule has 3 nitrogen and oxygen atoms in total. The van der Waals surface area contributed by atoms with Crippen LogP contribution >= 0.6 is 12.4 Å². The molecule has 0 aliphatic heterocycles. The SMILES string of the molecule is COC(=O)CCNCCC1CCCCC1.Cl. The molecule has 0 saturated heterocycles. The van der Waals surface area contributed by atoms with Crippen molar-refractivity contribution in [3.05, 3.63) is 0 Å². The number of ether oxygens (including phenoxy) is 1. The summed E-state index contributed by atoms with van der Waals surface area (Å²) in [6.45, 7) is 1.79. The molecule has 96 valence electrons. The van der Waals surface area contributed by atoms with Gasteiger partial charge in [-0.2, -0.15) is 0 Å². The third kappa shape index (κ3) is 7.07. The lowest BCUT2D eigenvalue weighted by molar-refractivity contribution is -0.140. The Morgan fingerprint density at radius 2 is 1.94 bits per heavy atom. The molecule has 0 amide bonds. The summed E-state index contributed by atoms with van der Waals surface area (Å²) >= 11 is 0. The topological polar surface area (TPSA) is 38.3 Å². The van der Waals surface area contributed by atoms with E-state index < -0.39 is 0 Å². The highest BCUT2D eigenvalue weighted by atomic mass is 35.5. The fourth-order valence-corrected chi connectivity index (χ4v) is 2.20. The number of carbonyl (C=O) groups excluding carboxylic acids is 1. The van der Waals surface area contributed by atoms with Crippen LogP contribution in [0.5, 0.6) is 0 Å². The molecule has 0 heterocycles. The first kappa shape index (κ1) is 15.7. The van der Waals surface area contributed by atoms with E-state index in [1.165, 1.54) is 45.6 Å². The number of esters is 1. The number of rotatable bonds is 6. The van der Waals surface area contributed by atoms with Crippen molar-refractivity contribution >= 4 is 18.4 Å². The highest BCUT2D eigenvalue weighted by Crippen LogP contribution is 2.25. The Morgan fingerprint density at radius 1 is 1.25 bits per heavy atom. The summed E-state index contributed by atoms with van der Waals surface area (Å²) in [5, 5.41) is 3.30. The summed E-state index contributed by atoms with van der Waals surface area (Å²) < 4.78 is 4.57. The third-order valence-electron chi connectivity index (χ3n) is 3.19. The minimum Gasteiger partial charge on any atom is -0.469 e. The number of methoxy groups -OCH3 is 1. The van der Waals surface area contributed by atoms with Gasteiger partial charge in [0.25, 0.3) is 0 Å². The van der Waals surface area contributed by atoms with Gasteiger partial charge >= 0.3 is 5.97 Å². The Labute approximate surface area is 105 Å². The van der Waals surface area contributed by atoms with Crippen molar-refractivity contribution < 1.29 is 9.53 Å². The zero-order chi connectivity index (χ0) is 10.9. The average Bonchev–Trinajstić information content (AvgIpc) is 2.29. The van der Waals surface area contributed by atoms with E-state index in [1.54, 1.807) is 0 Å². The molecule has 1 rings (SSSR count). The van der Waals surface area contributed by atoms with Crippen LogP contribution in [0.3, 0.4) is 0 Å². The van der Waals surface area contributed by atoms with E-state index in [4.69, 9.17) is 0 Å². The smallest absolute Gasteiger partial charge is 0.306 e. The second kappa shape index (κ2) is 9.91. The Bertz CT molecular complexity index is 182. The normalized spacial score (nSPS) is 16.6. The first-order chi connectivity index (χ1) is 7.33. The van der Waals surface area contributed by atoms with E-state index in [-0.39, 0.29) is 18.4 Å². The standard InChI is InChI=1S/C12H23NO2.ClH/c1-15-12(14)8-10-13-9-7-11-5-3-2-4-6-11;/h11,13H,2-10H2,1H3;1H. The number of halogens is 1. The molecule has 0 aromatic heterocycles. The second-order valence-corrected chi connectivity index (χ2v) is 4.37. The van der Waals surface area contributed by atoms with E-state index in [0.717, 1.165) is 19.0 Å². The van der Waals surface area contributed by atoms with Crippen molar-refractivity contribution in [1.29, 1.82) is 0 Å². The molecular weight excluding hydrogens is 226 g/mol. The number of nitrogens with one attached hydrogen (secondary N) is 1. The molecule has 4 heteroatoms. The molecule has 0 aromatic carbocycles. The van der Waals surface area contributed by atoms with E-state index in [0.29, 0.717) is 6.42 Å². The average molecular weight is 250 g/mol. The molecule has 0 atom stereocenters. The van der Waals surface area contributed by atoms with Gasteiger partial charge in [0.15, 0.2) is 0 Å². The van der Waals surface area contributed by atoms with Gasteiger partial charge in [0.1, 0.15) is 0 Å². The van der Waals surface area contributed by atoms with Gasteiger partial charge in [-0.15, -0.1) is 12.4 Å². The van der Waals surface area contributed by atoms with E-state index in [1.807, 2.05) is 0 Å². The molecule has 1 N–H and O–H groups in total. The summed E-state index contributed by atoms with van der Waals surface area (Å²) in [4.78, 5) is 10.8. The Morgan fingerprint density at radius 3 is 2.56 bits per heavy atom. The van der Waals surface area contributed by atoms with Crippen molar-refractivity contribution in [1.82, 2.24) is 5.32 Å². The van der Waals surface area contributed by atoms with Gasteiger partial charge < -0.3 is 10.1 Å². The first-order valence-electron chi connectivity index (χ1n) is 6.10. The summed E-state index contributed by atoms with van der Waals surface area (Å²) in [5.74, 6) is 0.796. The Kier molecular flexibility index (Phi) is 9.74. The quantitative estimate of drug-likeness (QED) is 0.581. The van der Waals surface area contributed by atoms with Crippen molar-refractivity contribution in [3.63, 3.8) is 0 Å². The summed E-state index contributed by atoms with van der Waals surface area (Å²) in [5.41, 5.74) is 0. The van der Waals surface area contributed by atoms with Gasteiger partial charge in [-0.1, -0.05) is 32.1 Å². The molecule has 1 saturated carbocycles. The van der Waals surface area contributed by atoms with Gasteiger partial charge in [-0.25, -0.2) is 0 Å². The maximum Gasteiger partial charge on any atom is 0.306 e. The lowest BCUT2D eigenvalue weighted by atomic mass is 9.87. The zero-order valence-corrected chi connectivity index (χ0v) is 11.0.